The van der Waals surface area contributed by atoms with Gasteiger partial charge in [0.15, 0.2) is 0 Å². The Morgan fingerprint density at radius 3 is 2.72 bits per heavy atom. The molecule has 0 heterocycles. The molecule has 1 rings (SSSR count). The zero-order valence-corrected chi connectivity index (χ0v) is 12.5. The summed E-state index contributed by atoms with van der Waals surface area (Å²) in [6.45, 7) is 4.59. The molecule has 0 saturated carbocycles. The lowest BCUT2D eigenvalue weighted by Crippen LogP contribution is -2.27. The van der Waals surface area contributed by atoms with Crippen LogP contribution in [0.15, 0.2) is 16.6 Å². The molecule has 100 valence electrons. The van der Waals surface area contributed by atoms with E-state index in [-0.39, 0.29) is 10.9 Å². The smallest absolute Gasteiger partial charge is 0.225 e. The molecule has 0 saturated heterocycles. The lowest BCUT2D eigenvalue weighted by molar-refractivity contribution is -0.116. The zero-order valence-electron chi connectivity index (χ0n) is 10.2. The minimum absolute atomic E-state index is 0.169. The number of carbonyl (C=O) groups is 1. The topological polar surface area (TPSA) is 41.1 Å². The number of rotatable bonds is 5. The van der Waals surface area contributed by atoms with Crippen LogP contribution in [-0.2, 0) is 4.79 Å². The summed E-state index contributed by atoms with van der Waals surface area (Å²) >= 11 is 9.03. The summed E-state index contributed by atoms with van der Waals surface area (Å²) in [5.41, 5.74) is 0.396. The van der Waals surface area contributed by atoms with E-state index < -0.39 is 5.82 Å². The molecular formula is C12H15BrClFN2O. The van der Waals surface area contributed by atoms with Crippen molar-refractivity contribution in [2.45, 2.75) is 26.3 Å². The second kappa shape index (κ2) is 7.07. The molecule has 0 fully saturated rings. The monoisotopic (exact) mass is 336 g/mol. The summed E-state index contributed by atoms with van der Waals surface area (Å²) in [6.07, 6.45) is 0.332. The SMILES string of the molecule is CC(C)NCCC(=O)Nc1c(Cl)cc(F)cc1Br. The Morgan fingerprint density at radius 1 is 1.50 bits per heavy atom. The standard InChI is InChI=1S/C12H15BrClFN2O/c1-7(2)16-4-3-11(18)17-12-9(13)5-8(15)6-10(12)14/h5-7,16H,3-4H2,1-2H3,(H,17,18). The van der Waals surface area contributed by atoms with Gasteiger partial charge in [-0.15, -0.1) is 0 Å². The minimum atomic E-state index is -0.452. The van der Waals surface area contributed by atoms with E-state index in [4.69, 9.17) is 11.6 Å². The van der Waals surface area contributed by atoms with E-state index in [1.54, 1.807) is 0 Å². The maximum Gasteiger partial charge on any atom is 0.225 e. The Labute approximate surface area is 119 Å². The Morgan fingerprint density at radius 2 is 2.17 bits per heavy atom. The highest BCUT2D eigenvalue weighted by Gasteiger charge is 2.11. The molecule has 0 aliphatic carbocycles. The Bertz CT molecular complexity index is 417. The average Bonchev–Trinajstić information content (AvgIpc) is 2.22. The predicted octanol–water partition coefficient (Wildman–Crippen LogP) is 3.57. The van der Waals surface area contributed by atoms with Gasteiger partial charge in [-0.1, -0.05) is 25.4 Å². The van der Waals surface area contributed by atoms with Crippen molar-refractivity contribution in [3.8, 4) is 0 Å². The molecule has 0 aliphatic heterocycles. The van der Waals surface area contributed by atoms with Crippen molar-refractivity contribution >= 4 is 39.1 Å². The van der Waals surface area contributed by atoms with Crippen LogP contribution in [0.4, 0.5) is 10.1 Å². The van der Waals surface area contributed by atoms with Crippen molar-refractivity contribution in [2.24, 2.45) is 0 Å². The maximum absolute atomic E-state index is 13.0. The van der Waals surface area contributed by atoms with E-state index >= 15 is 0 Å². The van der Waals surface area contributed by atoms with Crippen LogP contribution in [0, 0.1) is 5.82 Å². The summed E-state index contributed by atoms with van der Waals surface area (Å²) in [4.78, 5) is 11.7. The van der Waals surface area contributed by atoms with E-state index in [1.165, 1.54) is 6.07 Å². The highest BCUT2D eigenvalue weighted by atomic mass is 79.9. The lowest BCUT2D eigenvalue weighted by atomic mass is 10.3. The molecule has 3 nitrogen and oxygen atoms in total. The molecule has 18 heavy (non-hydrogen) atoms. The molecule has 0 atom stereocenters. The first-order valence-corrected chi connectivity index (χ1v) is 6.75. The quantitative estimate of drug-likeness (QED) is 0.862. The highest BCUT2D eigenvalue weighted by Crippen LogP contribution is 2.31. The van der Waals surface area contributed by atoms with E-state index in [2.05, 4.69) is 26.6 Å². The first-order valence-electron chi connectivity index (χ1n) is 5.58. The Hall–Kier alpha value is -0.650. The summed E-state index contributed by atoms with van der Waals surface area (Å²) in [6, 6.07) is 2.75. The van der Waals surface area contributed by atoms with Gasteiger partial charge in [0.1, 0.15) is 5.82 Å². The minimum Gasteiger partial charge on any atom is -0.324 e. The summed E-state index contributed by atoms with van der Waals surface area (Å²) in [5.74, 6) is -0.622. The van der Waals surface area contributed by atoms with Crippen LogP contribution in [0.1, 0.15) is 20.3 Å². The number of carbonyl (C=O) groups excluding carboxylic acids is 1. The third-order valence-electron chi connectivity index (χ3n) is 2.18. The normalized spacial score (nSPS) is 10.8. The molecule has 0 spiro atoms. The van der Waals surface area contributed by atoms with Gasteiger partial charge in [-0.05, 0) is 28.1 Å². The highest BCUT2D eigenvalue weighted by molar-refractivity contribution is 9.10. The molecule has 1 aromatic carbocycles. The number of hydrogen-bond donors (Lipinski definition) is 2. The van der Waals surface area contributed by atoms with E-state index in [0.29, 0.717) is 29.2 Å². The van der Waals surface area contributed by atoms with Gasteiger partial charge in [-0.3, -0.25) is 4.79 Å². The first kappa shape index (κ1) is 15.4. The van der Waals surface area contributed by atoms with Crippen LogP contribution in [0.3, 0.4) is 0 Å². The van der Waals surface area contributed by atoms with Gasteiger partial charge < -0.3 is 10.6 Å². The molecule has 0 aromatic heterocycles. The molecular weight excluding hydrogens is 322 g/mol. The fourth-order valence-corrected chi connectivity index (χ4v) is 2.24. The number of hydrogen-bond acceptors (Lipinski definition) is 2. The number of halogens is 3. The number of benzene rings is 1. The van der Waals surface area contributed by atoms with E-state index in [0.717, 1.165) is 6.07 Å². The van der Waals surface area contributed by atoms with E-state index in [9.17, 15) is 9.18 Å². The summed E-state index contributed by atoms with van der Waals surface area (Å²) in [5, 5.41) is 5.96. The molecule has 1 amide bonds. The third kappa shape index (κ3) is 4.92. The number of anilines is 1. The molecule has 0 radical (unpaired) electrons. The average molecular weight is 338 g/mol. The van der Waals surface area contributed by atoms with Crippen molar-refractivity contribution in [1.82, 2.24) is 5.32 Å². The maximum atomic E-state index is 13.0. The molecule has 6 heteroatoms. The van der Waals surface area contributed by atoms with E-state index in [1.807, 2.05) is 13.8 Å². The Balaban J connectivity index is 2.59. The predicted molar refractivity (Wildman–Crippen MR) is 75.5 cm³/mol. The number of amides is 1. The van der Waals surface area contributed by atoms with Gasteiger partial charge in [-0.25, -0.2) is 4.39 Å². The third-order valence-corrected chi connectivity index (χ3v) is 3.10. The molecule has 1 aromatic rings. The van der Waals surface area contributed by atoms with Gasteiger partial charge in [0, 0.05) is 23.5 Å². The molecule has 0 aliphatic rings. The van der Waals surface area contributed by atoms with Crippen LogP contribution >= 0.6 is 27.5 Å². The van der Waals surface area contributed by atoms with Crippen LogP contribution in [-0.4, -0.2) is 18.5 Å². The van der Waals surface area contributed by atoms with Crippen molar-refractivity contribution in [3.63, 3.8) is 0 Å². The second-order valence-electron chi connectivity index (χ2n) is 4.15. The van der Waals surface area contributed by atoms with Crippen LogP contribution in [0.25, 0.3) is 0 Å². The summed E-state index contributed by atoms with van der Waals surface area (Å²) < 4.78 is 13.4. The van der Waals surface area contributed by atoms with Crippen molar-refractivity contribution in [3.05, 3.63) is 27.4 Å². The molecule has 2 N–H and O–H groups in total. The van der Waals surface area contributed by atoms with Gasteiger partial charge in [0.2, 0.25) is 5.91 Å². The summed E-state index contributed by atoms with van der Waals surface area (Å²) in [7, 11) is 0. The fraction of sp³-hybridized carbons (Fsp3) is 0.417. The van der Waals surface area contributed by atoms with Crippen LogP contribution in [0.2, 0.25) is 5.02 Å². The van der Waals surface area contributed by atoms with Gasteiger partial charge in [0.05, 0.1) is 10.7 Å². The zero-order chi connectivity index (χ0) is 13.7. The number of nitrogens with one attached hydrogen (secondary N) is 2. The fourth-order valence-electron chi connectivity index (χ4n) is 1.34. The van der Waals surface area contributed by atoms with Crippen molar-refractivity contribution in [1.29, 1.82) is 0 Å². The molecule has 0 unspecified atom stereocenters. The van der Waals surface area contributed by atoms with Crippen molar-refractivity contribution in [2.75, 3.05) is 11.9 Å². The Kier molecular flexibility index (Phi) is 6.05. The van der Waals surface area contributed by atoms with Crippen LogP contribution < -0.4 is 10.6 Å². The van der Waals surface area contributed by atoms with Gasteiger partial charge >= 0.3 is 0 Å². The largest absolute Gasteiger partial charge is 0.324 e. The lowest BCUT2D eigenvalue weighted by Gasteiger charge is -2.11. The second-order valence-corrected chi connectivity index (χ2v) is 5.41. The molecule has 0 bridgehead atoms. The van der Waals surface area contributed by atoms with Gasteiger partial charge in [0.25, 0.3) is 0 Å². The first-order chi connectivity index (χ1) is 8.40. The van der Waals surface area contributed by atoms with Crippen molar-refractivity contribution < 1.29 is 9.18 Å². The van der Waals surface area contributed by atoms with Gasteiger partial charge in [-0.2, -0.15) is 0 Å². The van der Waals surface area contributed by atoms with Crippen LogP contribution in [0.5, 0.6) is 0 Å².